The topological polar surface area (TPSA) is 43.4 Å². The van der Waals surface area contributed by atoms with Gasteiger partial charge in [-0.3, -0.25) is 9.59 Å². The minimum Gasteiger partial charge on any atom is -0.462 e. The highest BCUT2D eigenvalue weighted by Gasteiger charge is 2.60. The Morgan fingerprint density at radius 3 is 2.24 bits per heavy atom. The number of carbonyl (C=O) groups is 2. The number of fused-ring (bicyclic) bond motifs is 5. The van der Waals surface area contributed by atoms with E-state index in [1.54, 1.807) is 0 Å². The Morgan fingerprint density at radius 1 is 0.878 bits per heavy atom. The van der Waals surface area contributed by atoms with E-state index < -0.39 is 0 Å². The first-order valence-electron chi connectivity index (χ1n) is 17.9. The highest BCUT2D eigenvalue weighted by molar-refractivity contribution is 5.91. The van der Waals surface area contributed by atoms with E-state index in [9.17, 15) is 9.59 Å². The number of unbranched alkanes of at least 4 members (excludes halogenated alkanes) is 11. The van der Waals surface area contributed by atoms with Crippen molar-refractivity contribution in [1.29, 1.82) is 0 Å². The molecule has 4 aliphatic rings. The van der Waals surface area contributed by atoms with Crippen LogP contribution in [0.25, 0.3) is 0 Å². The van der Waals surface area contributed by atoms with Crippen molar-refractivity contribution in [3.63, 3.8) is 0 Å². The predicted octanol–water partition coefficient (Wildman–Crippen LogP) is 10.6. The Bertz CT molecular complexity index is 901. The summed E-state index contributed by atoms with van der Waals surface area (Å²) in [6.45, 7) is 9.60. The zero-order valence-corrected chi connectivity index (χ0v) is 27.1. The molecule has 41 heavy (non-hydrogen) atoms. The van der Waals surface area contributed by atoms with E-state index in [0.717, 1.165) is 44.9 Å². The van der Waals surface area contributed by atoms with E-state index in [1.807, 2.05) is 6.08 Å². The molecule has 0 spiro atoms. The van der Waals surface area contributed by atoms with Crippen LogP contribution in [0.1, 0.15) is 156 Å². The molecule has 0 aromatic rings. The van der Waals surface area contributed by atoms with E-state index in [4.69, 9.17) is 4.74 Å². The van der Waals surface area contributed by atoms with Crippen LogP contribution in [0.15, 0.2) is 23.8 Å². The Hall–Kier alpha value is -1.38. The van der Waals surface area contributed by atoms with Crippen LogP contribution in [0.3, 0.4) is 0 Å². The van der Waals surface area contributed by atoms with Crippen LogP contribution in [0.2, 0.25) is 0 Å². The van der Waals surface area contributed by atoms with Gasteiger partial charge in [-0.25, -0.2) is 0 Å². The maximum Gasteiger partial charge on any atom is 0.306 e. The van der Waals surface area contributed by atoms with E-state index in [2.05, 4.69) is 39.8 Å². The molecule has 3 fully saturated rings. The predicted molar refractivity (Wildman–Crippen MR) is 171 cm³/mol. The quantitative estimate of drug-likeness (QED) is 0.106. The van der Waals surface area contributed by atoms with E-state index in [-0.39, 0.29) is 17.5 Å². The molecule has 4 rings (SSSR count). The van der Waals surface area contributed by atoms with Gasteiger partial charge >= 0.3 is 5.97 Å². The highest BCUT2D eigenvalue weighted by atomic mass is 16.5. The van der Waals surface area contributed by atoms with Gasteiger partial charge < -0.3 is 4.74 Å². The van der Waals surface area contributed by atoms with Gasteiger partial charge in [-0.2, -0.15) is 0 Å². The molecule has 0 amide bonds. The van der Waals surface area contributed by atoms with Crippen molar-refractivity contribution < 1.29 is 14.3 Å². The molecular weight excluding hydrogens is 504 g/mol. The minimum absolute atomic E-state index is 0.0389. The molecule has 3 nitrogen and oxygen atoms in total. The monoisotopic (exact) mass is 566 g/mol. The first kappa shape index (κ1) is 32.5. The maximum atomic E-state index is 12.9. The molecule has 0 radical (unpaired) electrons. The molecule has 0 bridgehead atoms. The van der Waals surface area contributed by atoms with Crippen molar-refractivity contribution in [3.05, 3.63) is 23.8 Å². The summed E-state index contributed by atoms with van der Waals surface area (Å²) in [5, 5.41) is 0. The van der Waals surface area contributed by atoms with Crippen molar-refractivity contribution in [2.24, 2.45) is 40.9 Å². The van der Waals surface area contributed by atoms with Crippen molar-refractivity contribution >= 4 is 11.8 Å². The van der Waals surface area contributed by atoms with Crippen LogP contribution in [-0.4, -0.2) is 17.9 Å². The smallest absolute Gasteiger partial charge is 0.306 e. The number of allylic oxidation sites excluding steroid dienone is 3. The summed E-state index contributed by atoms with van der Waals surface area (Å²) in [5.74, 6) is 4.27. The summed E-state index contributed by atoms with van der Waals surface area (Å²) in [4.78, 5) is 25.1. The summed E-state index contributed by atoms with van der Waals surface area (Å²) < 4.78 is 6.28. The molecule has 0 aromatic heterocycles. The number of ether oxygens (including phenoxy) is 1. The molecule has 0 heterocycles. The van der Waals surface area contributed by atoms with Gasteiger partial charge in [0, 0.05) is 18.3 Å². The van der Waals surface area contributed by atoms with Crippen molar-refractivity contribution in [2.45, 2.75) is 162 Å². The molecule has 232 valence electrons. The van der Waals surface area contributed by atoms with E-state index >= 15 is 0 Å². The lowest BCUT2D eigenvalue weighted by Gasteiger charge is -2.58. The second-order valence-electron chi connectivity index (χ2n) is 14.9. The molecule has 8 atom stereocenters. The minimum atomic E-state index is 0.0389. The summed E-state index contributed by atoms with van der Waals surface area (Å²) in [5.41, 5.74) is 1.56. The second kappa shape index (κ2) is 15.9. The van der Waals surface area contributed by atoms with Gasteiger partial charge in [0.05, 0.1) is 0 Å². The van der Waals surface area contributed by atoms with Crippen LogP contribution in [0, 0.1) is 40.9 Å². The van der Waals surface area contributed by atoms with E-state index in [1.165, 1.54) is 82.6 Å². The lowest BCUT2D eigenvalue weighted by atomic mass is 9.47. The first-order chi connectivity index (χ1) is 19.8. The normalized spacial score (nSPS) is 34.7. The molecular formula is C38H62O3. The Balaban J connectivity index is 1.12. The van der Waals surface area contributed by atoms with Gasteiger partial charge in [0.15, 0.2) is 5.78 Å². The number of rotatable bonds is 16. The zero-order valence-electron chi connectivity index (χ0n) is 27.1. The van der Waals surface area contributed by atoms with E-state index in [0.29, 0.717) is 47.7 Å². The van der Waals surface area contributed by atoms with Crippen LogP contribution < -0.4 is 0 Å². The third-order valence-electron chi connectivity index (χ3n) is 11.8. The Morgan fingerprint density at radius 2 is 1.54 bits per heavy atom. The van der Waals surface area contributed by atoms with Gasteiger partial charge in [0.2, 0.25) is 0 Å². The fourth-order valence-electron chi connectivity index (χ4n) is 9.84. The third-order valence-corrected chi connectivity index (χ3v) is 11.8. The summed E-state index contributed by atoms with van der Waals surface area (Å²) >= 11 is 0. The molecule has 0 aromatic carbocycles. The Labute approximate surface area is 252 Å². The van der Waals surface area contributed by atoms with Crippen LogP contribution in [0.5, 0.6) is 0 Å². The number of carbonyl (C=O) groups excluding carboxylic acids is 2. The van der Waals surface area contributed by atoms with Gasteiger partial charge in [-0.15, -0.1) is 0 Å². The van der Waals surface area contributed by atoms with Gasteiger partial charge in [0.1, 0.15) is 6.10 Å². The van der Waals surface area contributed by atoms with Crippen molar-refractivity contribution in [1.82, 2.24) is 0 Å². The van der Waals surface area contributed by atoms with Crippen LogP contribution in [0.4, 0.5) is 0 Å². The average Bonchev–Trinajstić information content (AvgIpc) is 3.25. The summed E-state index contributed by atoms with van der Waals surface area (Å²) in [7, 11) is 0. The zero-order chi connectivity index (χ0) is 29.2. The van der Waals surface area contributed by atoms with Crippen LogP contribution >= 0.6 is 0 Å². The Kier molecular flexibility index (Phi) is 12.6. The number of hydrogen-bond donors (Lipinski definition) is 0. The molecule has 8 unspecified atom stereocenters. The lowest BCUT2D eigenvalue weighted by molar-refractivity contribution is -0.162. The maximum absolute atomic E-state index is 12.9. The number of esters is 1. The average molecular weight is 567 g/mol. The van der Waals surface area contributed by atoms with Gasteiger partial charge in [-0.05, 0) is 106 Å². The summed E-state index contributed by atoms with van der Waals surface area (Å²) in [6.07, 6.45) is 30.3. The second-order valence-corrected chi connectivity index (χ2v) is 14.9. The third kappa shape index (κ3) is 8.38. The highest BCUT2D eigenvalue weighted by Crippen LogP contribution is 2.65. The molecule has 4 aliphatic carbocycles. The molecule has 3 heteroatoms. The molecule has 0 N–H and O–H groups in total. The molecule has 3 saturated carbocycles. The lowest BCUT2D eigenvalue weighted by Crippen LogP contribution is -2.54. The number of hydrogen-bond acceptors (Lipinski definition) is 3. The van der Waals surface area contributed by atoms with Crippen LogP contribution in [-0.2, 0) is 14.3 Å². The van der Waals surface area contributed by atoms with Crippen molar-refractivity contribution in [2.75, 3.05) is 0 Å². The van der Waals surface area contributed by atoms with Crippen molar-refractivity contribution in [3.8, 4) is 0 Å². The fourth-order valence-corrected chi connectivity index (χ4v) is 9.84. The number of ketones is 1. The molecule has 0 aliphatic heterocycles. The largest absolute Gasteiger partial charge is 0.462 e. The summed E-state index contributed by atoms with van der Waals surface area (Å²) in [6, 6.07) is 0. The first-order valence-corrected chi connectivity index (χ1v) is 17.9. The SMILES string of the molecule is CCCCCCCC/C=C\CCCCCCCC(=O)OC1CCC2C3C(C)CC4=CC(=O)CCC4C3C(C)CC12C. The van der Waals surface area contributed by atoms with Gasteiger partial charge in [0.25, 0.3) is 0 Å². The fraction of sp³-hybridized carbons (Fsp3) is 0.842. The van der Waals surface area contributed by atoms with Gasteiger partial charge in [-0.1, -0.05) is 96.8 Å². The molecule has 0 saturated heterocycles. The standard InChI is InChI=1S/C38H62O3/c1-5-6-7-8-9-10-11-12-13-14-15-16-17-18-19-20-35(40)41-34-24-23-33-37-28(2)25-30-26-31(39)21-22-32(30)36(37)29(3)27-38(33,34)4/h12-13,26,28-29,32-34,36-37H,5-11,14-25,27H2,1-4H3/b13-12-.